The predicted octanol–water partition coefficient (Wildman–Crippen LogP) is 2.82. The van der Waals surface area contributed by atoms with Gasteiger partial charge < -0.3 is 23.9 Å². The number of hydrogen-bond donors (Lipinski definition) is 1. The number of benzene rings is 1. The normalized spacial score (nSPS) is 21.3. The number of hydrogen-bond acceptors (Lipinski definition) is 7. The molecule has 1 amide bonds. The van der Waals surface area contributed by atoms with E-state index in [0.717, 1.165) is 19.6 Å². The zero-order chi connectivity index (χ0) is 22.5. The minimum atomic E-state index is -0.773. The number of carbonyl (C=O) groups excluding carboxylic acids is 2. The second kappa shape index (κ2) is 10.0. The molecule has 2 fully saturated rings. The van der Waals surface area contributed by atoms with E-state index >= 15 is 0 Å². The molecule has 0 radical (unpaired) electrons. The fourth-order valence-corrected chi connectivity index (χ4v) is 4.20. The Hall–Kier alpha value is -3.10. The van der Waals surface area contributed by atoms with Gasteiger partial charge in [-0.3, -0.25) is 14.5 Å². The highest BCUT2D eigenvalue weighted by Crippen LogP contribution is 2.39. The molecular weight excluding hydrogens is 412 g/mol. The third-order valence-electron chi connectivity index (χ3n) is 5.75. The van der Waals surface area contributed by atoms with E-state index < -0.39 is 17.7 Å². The largest absolute Gasteiger partial charge is 0.507 e. The van der Waals surface area contributed by atoms with Crippen molar-refractivity contribution in [2.75, 3.05) is 46.0 Å². The number of rotatable bonds is 8. The van der Waals surface area contributed by atoms with Crippen molar-refractivity contribution in [3.05, 3.63) is 59.6 Å². The first-order valence-corrected chi connectivity index (χ1v) is 10.9. The minimum absolute atomic E-state index is 0.0324. The Balaban J connectivity index is 1.62. The number of aliphatic hydroxyl groups is 1. The number of Topliss-reactive ketones (excluding diaryl/α,β-unsaturated/α-hetero) is 1. The van der Waals surface area contributed by atoms with Crippen molar-refractivity contribution >= 4 is 17.4 Å². The average Bonchev–Trinajstić information content (AvgIpc) is 3.42. The van der Waals surface area contributed by atoms with Crippen molar-refractivity contribution in [3.63, 3.8) is 0 Å². The second-order valence-corrected chi connectivity index (χ2v) is 7.78. The van der Waals surface area contributed by atoms with Gasteiger partial charge >= 0.3 is 0 Å². The van der Waals surface area contributed by atoms with Gasteiger partial charge in [0.2, 0.25) is 0 Å². The van der Waals surface area contributed by atoms with E-state index in [1.165, 1.54) is 11.2 Å². The predicted molar refractivity (Wildman–Crippen MR) is 117 cm³/mol. The molecule has 1 unspecified atom stereocenters. The lowest BCUT2D eigenvalue weighted by Gasteiger charge is -2.28. The summed E-state index contributed by atoms with van der Waals surface area (Å²) in [5.41, 5.74) is 0.448. The van der Waals surface area contributed by atoms with Gasteiger partial charge in [0.15, 0.2) is 0 Å². The van der Waals surface area contributed by atoms with E-state index in [1.54, 1.807) is 36.4 Å². The molecule has 2 aliphatic rings. The zero-order valence-electron chi connectivity index (χ0n) is 18.2. The fourth-order valence-electron chi connectivity index (χ4n) is 4.20. The maximum atomic E-state index is 13.0. The topological polar surface area (TPSA) is 92.5 Å². The second-order valence-electron chi connectivity index (χ2n) is 7.78. The van der Waals surface area contributed by atoms with E-state index in [1.807, 2.05) is 6.92 Å². The Bertz CT molecular complexity index is 978. The lowest BCUT2D eigenvalue weighted by molar-refractivity contribution is -0.140. The smallest absolute Gasteiger partial charge is 0.295 e. The van der Waals surface area contributed by atoms with Crippen LogP contribution < -0.4 is 4.74 Å². The number of carbonyl (C=O) groups is 2. The van der Waals surface area contributed by atoms with Gasteiger partial charge in [0.05, 0.1) is 31.7 Å². The number of likely N-dealkylation sites (tertiary alicyclic amines) is 1. The third-order valence-corrected chi connectivity index (χ3v) is 5.75. The summed E-state index contributed by atoms with van der Waals surface area (Å²) in [6.45, 7) is 6.65. The van der Waals surface area contributed by atoms with Crippen LogP contribution in [0.15, 0.2) is 52.7 Å². The molecule has 1 atom stereocenters. The average molecular weight is 440 g/mol. The summed E-state index contributed by atoms with van der Waals surface area (Å²) in [7, 11) is 0. The molecule has 1 aromatic carbocycles. The van der Waals surface area contributed by atoms with Crippen LogP contribution in [-0.4, -0.2) is 72.6 Å². The standard InChI is InChI=1S/C24H28N2O6/c1-2-31-18-7-3-6-17(16-18)22(27)20-21(19-8-4-13-32-19)26(24(29)23(20)28)10-5-9-25-11-14-30-15-12-25/h3-4,6-8,13,16,21,27H,2,5,9-12,14-15H2,1H3/b22-20-. The number of ketones is 1. The van der Waals surface area contributed by atoms with Crippen molar-refractivity contribution in [3.8, 4) is 5.75 Å². The van der Waals surface area contributed by atoms with E-state index in [9.17, 15) is 14.7 Å². The molecule has 3 heterocycles. The van der Waals surface area contributed by atoms with E-state index in [2.05, 4.69) is 4.90 Å². The number of ether oxygens (including phenoxy) is 2. The highest BCUT2D eigenvalue weighted by atomic mass is 16.5. The van der Waals surface area contributed by atoms with Gasteiger partial charge in [-0.05, 0) is 37.6 Å². The van der Waals surface area contributed by atoms with Crippen molar-refractivity contribution in [2.24, 2.45) is 0 Å². The highest BCUT2D eigenvalue weighted by Gasteiger charge is 2.47. The molecule has 0 spiro atoms. The summed E-state index contributed by atoms with van der Waals surface area (Å²) >= 11 is 0. The fraction of sp³-hybridized carbons (Fsp3) is 0.417. The summed E-state index contributed by atoms with van der Waals surface area (Å²) in [5, 5.41) is 11.1. The molecule has 8 nitrogen and oxygen atoms in total. The molecule has 170 valence electrons. The molecule has 2 aromatic rings. The summed E-state index contributed by atoms with van der Waals surface area (Å²) in [5.74, 6) is -0.557. The molecule has 1 N–H and O–H groups in total. The molecule has 2 aliphatic heterocycles. The van der Waals surface area contributed by atoms with Crippen molar-refractivity contribution in [1.82, 2.24) is 9.80 Å². The van der Waals surface area contributed by atoms with Gasteiger partial charge in [-0.25, -0.2) is 0 Å². The summed E-state index contributed by atoms with van der Waals surface area (Å²) < 4.78 is 16.5. The van der Waals surface area contributed by atoms with Crippen LogP contribution in [0.2, 0.25) is 0 Å². The number of aliphatic hydroxyl groups excluding tert-OH is 1. The number of amides is 1. The van der Waals surface area contributed by atoms with E-state index in [-0.39, 0.29) is 11.3 Å². The van der Waals surface area contributed by atoms with Gasteiger partial charge in [0, 0.05) is 31.7 Å². The van der Waals surface area contributed by atoms with E-state index in [4.69, 9.17) is 13.9 Å². The van der Waals surface area contributed by atoms with Gasteiger partial charge in [0.1, 0.15) is 23.3 Å². The van der Waals surface area contributed by atoms with Crippen LogP contribution >= 0.6 is 0 Å². The Morgan fingerprint density at radius 3 is 2.69 bits per heavy atom. The molecule has 2 saturated heterocycles. The lowest BCUT2D eigenvalue weighted by atomic mass is 9.99. The van der Waals surface area contributed by atoms with Crippen molar-refractivity contribution < 1.29 is 28.6 Å². The first kappa shape index (κ1) is 22.1. The molecule has 0 aliphatic carbocycles. The molecule has 8 heteroatoms. The number of nitrogens with zero attached hydrogens (tertiary/aromatic N) is 2. The Morgan fingerprint density at radius 2 is 1.97 bits per heavy atom. The highest BCUT2D eigenvalue weighted by molar-refractivity contribution is 6.46. The van der Waals surface area contributed by atoms with Crippen LogP contribution in [0.5, 0.6) is 5.75 Å². The zero-order valence-corrected chi connectivity index (χ0v) is 18.2. The Morgan fingerprint density at radius 1 is 1.16 bits per heavy atom. The van der Waals surface area contributed by atoms with Gasteiger partial charge in [-0.1, -0.05) is 12.1 Å². The molecular formula is C24H28N2O6. The SMILES string of the molecule is CCOc1cccc(/C(O)=C2/C(=O)C(=O)N(CCCN3CCOCC3)C2c2ccco2)c1. The summed E-state index contributed by atoms with van der Waals surface area (Å²) in [4.78, 5) is 29.7. The third kappa shape index (κ3) is 4.56. The summed E-state index contributed by atoms with van der Waals surface area (Å²) in [6, 6.07) is 9.50. The van der Waals surface area contributed by atoms with Crippen LogP contribution in [0.1, 0.15) is 30.7 Å². The van der Waals surface area contributed by atoms with Gasteiger partial charge in [-0.2, -0.15) is 0 Å². The summed E-state index contributed by atoms with van der Waals surface area (Å²) in [6.07, 6.45) is 2.20. The van der Waals surface area contributed by atoms with Crippen molar-refractivity contribution in [1.29, 1.82) is 0 Å². The molecule has 0 saturated carbocycles. The van der Waals surface area contributed by atoms with Crippen LogP contribution in [0.3, 0.4) is 0 Å². The first-order valence-electron chi connectivity index (χ1n) is 10.9. The van der Waals surface area contributed by atoms with Gasteiger partial charge in [0.25, 0.3) is 11.7 Å². The monoisotopic (exact) mass is 440 g/mol. The van der Waals surface area contributed by atoms with Crippen LogP contribution in [0.25, 0.3) is 5.76 Å². The number of morpholine rings is 1. The number of furan rings is 1. The Kier molecular flexibility index (Phi) is 6.92. The maximum absolute atomic E-state index is 13.0. The Labute approximate surface area is 187 Å². The minimum Gasteiger partial charge on any atom is -0.507 e. The molecule has 32 heavy (non-hydrogen) atoms. The lowest BCUT2D eigenvalue weighted by Crippen LogP contribution is -2.38. The molecule has 1 aromatic heterocycles. The van der Waals surface area contributed by atoms with Crippen molar-refractivity contribution in [2.45, 2.75) is 19.4 Å². The van der Waals surface area contributed by atoms with Crippen LogP contribution in [0, 0.1) is 0 Å². The maximum Gasteiger partial charge on any atom is 0.295 e. The first-order chi connectivity index (χ1) is 15.6. The van der Waals surface area contributed by atoms with Gasteiger partial charge in [-0.15, -0.1) is 0 Å². The quantitative estimate of drug-likeness (QED) is 0.383. The van der Waals surface area contributed by atoms with Crippen LogP contribution in [0.4, 0.5) is 0 Å². The molecule has 4 rings (SSSR count). The van der Waals surface area contributed by atoms with Crippen LogP contribution in [-0.2, 0) is 14.3 Å². The molecule has 0 bridgehead atoms. The van der Waals surface area contributed by atoms with E-state index in [0.29, 0.717) is 49.9 Å².